The van der Waals surface area contributed by atoms with Gasteiger partial charge in [0, 0.05) is 0 Å². The second kappa shape index (κ2) is 13.0. The van der Waals surface area contributed by atoms with Crippen molar-refractivity contribution in [3.05, 3.63) is 68.6 Å². The number of halogens is 1. The summed E-state index contributed by atoms with van der Waals surface area (Å²) in [5.74, 6) is 0. The molecule has 1 saturated heterocycles. The predicted octanol–water partition coefficient (Wildman–Crippen LogP) is 5.28. The van der Waals surface area contributed by atoms with Crippen LogP contribution >= 0.6 is 31.2 Å². The SMILES string of the molecule is CC1=Nc2cc(NCCCN3CCOCC3)ccc2C(=O)I1c1ccc(NC(=O)NS(=O)(=O)c2ccc(C)s2)cc1. The number of carbonyl (C=O) groups excluding carboxylic acids is 2. The van der Waals surface area contributed by atoms with Crippen LogP contribution < -0.4 is 15.4 Å². The molecule has 0 unspecified atom stereocenters. The average Bonchev–Trinajstić information content (AvgIpc) is 3.39. The number of thiophene rings is 1. The summed E-state index contributed by atoms with van der Waals surface area (Å²) in [5, 5.41) is 6.00. The Labute approximate surface area is 251 Å². The summed E-state index contributed by atoms with van der Waals surface area (Å²) in [7, 11) is -3.95. The normalized spacial score (nSPS) is 16.6. The Kier molecular flexibility index (Phi) is 9.38. The third-order valence-electron chi connectivity index (χ3n) is 6.54. The molecule has 0 spiro atoms. The van der Waals surface area contributed by atoms with Crippen LogP contribution in [0.1, 0.15) is 28.6 Å². The van der Waals surface area contributed by atoms with E-state index in [2.05, 4.69) is 15.5 Å². The van der Waals surface area contributed by atoms with Crippen molar-refractivity contribution in [2.45, 2.75) is 24.5 Å². The van der Waals surface area contributed by atoms with Gasteiger partial charge in [-0.1, -0.05) is 0 Å². The van der Waals surface area contributed by atoms with Gasteiger partial charge < -0.3 is 4.74 Å². The molecular formula is C28H32IN5O5S2. The first-order valence-corrected chi connectivity index (χ1v) is 18.7. The van der Waals surface area contributed by atoms with Crippen molar-refractivity contribution in [2.24, 2.45) is 4.99 Å². The van der Waals surface area contributed by atoms with Crippen molar-refractivity contribution in [1.29, 1.82) is 0 Å². The molecule has 2 aromatic carbocycles. The van der Waals surface area contributed by atoms with E-state index in [-0.39, 0.29) is 8.00 Å². The summed E-state index contributed by atoms with van der Waals surface area (Å²) in [6, 6.07) is 15.0. The number of ether oxygens (including phenoxy) is 1. The van der Waals surface area contributed by atoms with Crippen LogP contribution in [0.3, 0.4) is 0 Å². The minimum atomic E-state index is -3.95. The van der Waals surface area contributed by atoms with Gasteiger partial charge in [0.25, 0.3) is 0 Å². The van der Waals surface area contributed by atoms with Crippen molar-refractivity contribution >= 4 is 71.8 Å². The average molecular weight is 710 g/mol. The second-order valence-electron chi connectivity index (χ2n) is 9.56. The number of amides is 2. The zero-order valence-corrected chi connectivity index (χ0v) is 26.6. The number of morpholine rings is 1. The number of carbonyl (C=O) groups is 2. The van der Waals surface area contributed by atoms with Crippen molar-refractivity contribution in [3.8, 4) is 0 Å². The molecule has 1 aromatic heterocycles. The number of nitrogens with zero attached hydrogens (tertiary/aromatic N) is 2. The van der Waals surface area contributed by atoms with E-state index in [1.807, 2.05) is 42.0 Å². The first-order chi connectivity index (χ1) is 19.7. The fraction of sp³-hybridized carbons (Fsp3) is 0.321. The Morgan fingerprint density at radius 2 is 1.78 bits per heavy atom. The number of aryl methyl sites for hydroxylation is 1. The molecular weight excluding hydrogens is 677 g/mol. The number of benzene rings is 2. The molecule has 5 rings (SSSR count). The quantitative estimate of drug-likeness (QED) is 0.157. The second-order valence-corrected chi connectivity index (χ2v) is 18.2. The van der Waals surface area contributed by atoms with E-state index in [4.69, 9.17) is 9.73 Å². The van der Waals surface area contributed by atoms with Crippen LogP contribution in [0.2, 0.25) is 0 Å². The van der Waals surface area contributed by atoms with Gasteiger partial charge in [-0.15, -0.1) is 0 Å². The van der Waals surface area contributed by atoms with Crippen LogP contribution in [0.5, 0.6) is 0 Å². The Bertz CT molecular complexity index is 1570. The van der Waals surface area contributed by atoms with Gasteiger partial charge >= 0.3 is 248 Å². The molecule has 218 valence electrons. The van der Waals surface area contributed by atoms with E-state index >= 15 is 0 Å². The minimum absolute atomic E-state index is 0.0739. The third-order valence-corrected chi connectivity index (χ3v) is 14.7. The molecule has 10 nitrogen and oxygen atoms in total. The summed E-state index contributed by atoms with van der Waals surface area (Å²) in [5.41, 5.74) is 2.69. The van der Waals surface area contributed by atoms with E-state index in [1.54, 1.807) is 25.1 Å². The van der Waals surface area contributed by atoms with Gasteiger partial charge in [-0.3, -0.25) is 0 Å². The van der Waals surface area contributed by atoms with Crippen molar-refractivity contribution in [2.75, 3.05) is 50.0 Å². The molecule has 3 N–H and O–H groups in total. The summed E-state index contributed by atoms with van der Waals surface area (Å²) in [6.07, 6.45) is 1.02. The maximum absolute atomic E-state index is 13.5. The van der Waals surface area contributed by atoms with Crippen molar-refractivity contribution in [3.63, 3.8) is 0 Å². The zero-order valence-electron chi connectivity index (χ0n) is 22.8. The van der Waals surface area contributed by atoms with E-state index in [0.717, 1.165) is 75.0 Å². The van der Waals surface area contributed by atoms with Gasteiger partial charge in [-0.25, -0.2) is 0 Å². The first-order valence-electron chi connectivity index (χ1n) is 13.2. The molecule has 0 saturated carbocycles. The Hall–Kier alpha value is -2.85. The summed E-state index contributed by atoms with van der Waals surface area (Å²) in [6.45, 7) is 9.13. The molecule has 41 heavy (non-hydrogen) atoms. The number of hydrogen-bond acceptors (Lipinski definition) is 9. The molecule has 2 aliphatic heterocycles. The topological polar surface area (TPSA) is 129 Å². The van der Waals surface area contributed by atoms with E-state index in [9.17, 15) is 18.0 Å². The van der Waals surface area contributed by atoms with Crippen LogP contribution in [-0.2, 0) is 14.8 Å². The van der Waals surface area contributed by atoms with Gasteiger partial charge in [0.05, 0.1) is 0 Å². The Balaban J connectivity index is 1.19. The van der Waals surface area contributed by atoms with Crippen LogP contribution in [-0.4, -0.2) is 66.3 Å². The van der Waals surface area contributed by atoms with Crippen LogP contribution in [0, 0.1) is 10.5 Å². The van der Waals surface area contributed by atoms with E-state index in [0.29, 0.717) is 16.9 Å². The monoisotopic (exact) mass is 709 g/mol. The van der Waals surface area contributed by atoms with E-state index < -0.39 is 35.9 Å². The molecule has 0 atom stereocenters. The number of aliphatic imine (C=N–C) groups is 1. The van der Waals surface area contributed by atoms with Gasteiger partial charge in [-0.2, -0.15) is 0 Å². The molecule has 0 radical (unpaired) electrons. The standard InChI is InChI=1S/C28H32IN5O5S2/c1-19-4-11-26(40-19)41(37,38)33-28(36)32-22-7-5-21(6-8-22)29-20(2)31-25-18-23(9-10-24(25)27(29)35)30-12-3-13-34-14-16-39-17-15-34/h4-11,18,30H,3,12-17H2,1-2H3,(H2,32,33,36). The van der Waals surface area contributed by atoms with Gasteiger partial charge in [0.2, 0.25) is 0 Å². The number of fused-ring (bicyclic) bond motifs is 1. The van der Waals surface area contributed by atoms with Crippen LogP contribution in [0.4, 0.5) is 21.9 Å². The molecule has 2 aliphatic rings. The van der Waals surface area contributed by atoms with Crippen LogP contribution in [0.25, 0.3) is 0 Å². The van der Waals surface area contributed by atoms with Gasteiger partial charge in [-0.05, 0) is 0 Å². The zero-order chi connectivity index (χ0) is 29.0. The fourth-order valence-corrected chi connectivity index (χ4v) is 11.5. The summed E-state index contributed by atoms with van der Waals surface area (Å²) >= 11 is -1.38. The fourth-order valence-electron chi connectivity index (χ4n) is 4.50. The predicted molar refractivity (Wildman–Crippen MR) is 171 cm³/mol. The Morgan fingerprint density at radius 3 is 2.49 bits per heavy atom. The number of anilines is 2. The molecule has 3 heterocycles. The number of hydrogen-bond donors (Lipinski definition) is 3. The Morgan fingerprint density at radius 1 is 1.05 bits per heavy atom. The summed E-state index contributed by atoms with van der Waals surface area (Å²) < 4.78 is 34.2. The third kappa shape index (κ3) is 7.33. The number of nitrogens with one attached hydrogen (secondary N) is 3. The molecule has 13 heteroatoms. The van der Waals surface area contributed by atoms with Crippen molar-refractivity contribution < 1.29 is 22.7 Å². The molecule has 3 aromatic rings. The maximum atomic E-state index is 13.5. The van der Waals surface area contributed by atoms with E-state index in [1.165, 1.54) is 6.07 Å². The first kappa shape index (κ1) is 29.6. The molecule has 0 bridgehead atoms. The number of sulfonamides is 1. The van der Waals surface area contributed by atoms with Gasteiger partial charge in [0.15, 0.2) is 0 Å². The number of rotatable bonds is 9. The molecule has 2 amide bonds. The van der Waals surface area contributed by atoms with Crippen molar-refractivity contribution in [1.82, 2.24) is 9.62 Å². The molecule has 1 fully saturated rings. The summed E-state index contributed by atoms with van der Waals surface area (Å²) in [4.78, 5) is 33.9. The van der Waals surface area contributed by atoms with Crippen LogP contribution in [0.15, 0.2) is 63.8 Å². The molecule has 0 aliphatic carbocycles. The van der Waals surface area contributed by atoms with Gasteiger partial charge in [0.1, 0.15) is 0 Å². The number of urea groups is 1.